The van der Waals surface area contributed by atoms with Crippen LogP contribution in [0.15, 0.2) is 48.5 Å². The Labute approximate surface area is 184 Å². The maximum atomic E-state index is 12.2. The molecular weight excluding hydrogens is 392 g/mol. The van der Waals surface area contributed by atoms with Crippen molar-refractivity contribution in [2.24, 2.45) is 0 Å². The van der Waals surface area contributed by atoms with Crippen LogP contribution in [-0.4, -0.2) is 15.0 Å². The van der Waals surface area contributed by atoms with Gasteiger partial charge in [0, 0.05) is 0 Å². The summed E-state index contributed by atoms with van der Waals surface area (Å²) >= 11 is 0. The molecule has 3 nitrogen and oxygen atoms in total. The Bertz CT molecular complexity index is 913. The second-order valence-electron chi connectivity index (χ2n) is 9.46. The second kappa shape index (κ2) is 10.1. The second-order valence-corrected chi connectivity index (χ2v) is 11.1. The first-order valence-electron chi connectivity index (χ1n) is 11.1. The zero-order valence-corrected chi connectivity index (χ0v) is 20.3. The van der Waals surface area contributed by atoms with Crippen LogP contribution in [0.5, 0.6) is 0 Å². The Morgan fingerprint density at radius 2 is 1.50 bits per heavy atom. The average molecular weight is 431 g/mol. The van der Waals surface area contributed by atoms with Gasteiger partial charge < -0.3 is 0 Å². The summed E-state index contributed by atoms with van der Waals surface area (Å²) in [7, 11) is -3.56. The minimum atomic E-state index is -3.56. The molecule has 0 spiro atoms. The lowest BCUT2D eigenvalue weighted by Crippen LogP contribution is -2.22. The first-order chi connectivity index (χ1) is 14.0. The van der Waals surface area contributed by atoms with Crippen molar-refractivity contribution >= 4 is 10.1 Å². The standard InChI is InChI=1S/C26H38O3S/c1-7-25(3,4)23-17-16-22(24(19-23)26(5,6)8-2)15-12-18-29-30(27,28)20-21-13-10-9-11-14-21/h9-11,13-14,16-17,19H,7-8,12,15,18,20H2,1-6H3. The van der Waals surface area contributed by atoms with Crippen molar-refractivity contribution in [3.63, 3.8) is 0 Å². The molecule has 0 aromatic heterocycles. The molecular formula is C26H38O3S. The summed E-state index contributed by atoms with van der Waals surface area (Å²) in [4.78, 5) is 0. The predicted molar refractivity (Wildman–Crippen MR) is 126 cm³/mol. The fraction of sp³-hybridized carbons (Fsp3) is 0.538. The summed E-state index contributed by atoms with van der Waals surface area (Å²) in [5, 5.41) is 0. The maximum Gasteiger partial charge on any atom is 0.271 e. The third-order valence-corrected chi connectivity index (χ3v) is 7.64. The van der Waals surface area contributed by atoms with Gasteiger partial charge >= 0.3 is 0 Å². The third kappa shape index (κ3) is 6.68. The van der Waals surface area contributed by atoms with Crippen LogP contribution in [-0.2, 0) is 37.3 Å². The molecule has 2 aromatic carbocycles. The van der Waals surface area contributed by atoms with Crippen molar-refractivity contribution in [3.05, 3.63) is 70.8 Å². The largest absolute Gasteiger partial charge is 0.271 e. The van der Waals surface area contributed by atoms with Crippen LogP contribution >= 0.6 is 0 Å². The van der Waals surface area contributed by atoms with Crippen LogP contribution in [0.25, 0.3) is 0 Å². The van der Waals surface area contributed by atoms with E-state index < -0.39 is 10.1 Å². The van der Waals surface area contributed by atoms with Gasteiger partial charge in [-0.2, -0.15) is 8.42 Å². The van der Waals surface area contributed by atoms with E-state index in [1.807, 2.05) is 18.2 Å². The summed E-state index contributed by atoms with van der Waals surface area (Å²) in [5.74, 6) is -0.0806. The van der Waals surface area contributed by atoms with E-state index in [2.05, 4.69) is 59.7 Å². The Kier molecular flexibility index (Phi) is 8.29. The summed E-state index contributed by atoms with van der Waals surface area (Å²) in [5.41, 5.74) is 5.00. The van der Waals surface area contributed by atoms with Crippen LogP contribution in [0.1, 0.15) is 83.1 Å². The van der Waals surface area contributed by atoms with Gasteiger partial charge in [0.15, 0.2) is 0 Å². The molecule has 0 radical (unpaired) electrons. The average Bonchev–Trinajstić information content (AvgIpc) is 2.71. The van der Waals surface area contributed by atoms with Crippen LogP contribution in [0.2, 0.25) is 0 Å². The van der Waals surface area contributed by atoms with E-state index >= 15 is 0 Å². The summed E-state index contributed by atoms with van der Waals surface area (Å²) in [6.45, 7) is 13.8. The Morgan fingerprint density at radius 3 is 2.10 bits per heavy atom. The van der Waals surface area contributed by atoms with Gasteiger partial charge in [0.25, 0.3) is 10.1 Å². The van der Waals surface area contributed by atoms with Crippen molar-refractivity contribution in [1.82, 2.24) is 0 Å². The lowest BCUT2D eigenvalue weighted by Gasteiger charge is -2.31. The van der Waals surface area contributed by atoms with Gasteiger partial charge in [0.2, 0.25) is 0 Å². The molecule has 0 saturated heterocycles. The van der Waals surface area contributed by atoms with Crippen LogP contribution in [0, 0.1) is 0 Å². The van der Waals surface area contributed by atoms with E-state index in [1.165, 1.54) is 16.7 Å². The topological polar surface area (TPSA) is 43.4 Å². The van der Waals surface area contributed by atoms with E-state index in [1.54, 1.807) is 12.1 Å². The van der Waals surface area contributed by atoms with Crippen LogP contribution in [0.3, 0.4) is 0 Å². The van der Waals surface area contributed by atoms with Crippen molar-refractivity contribution in [2.45, 2.75) is 83.8 Å². The zero-order valence-electron chi connectivity index (χ0n) is 19.5. The zero-order chi connectivity index (χ0) is 22.4. The number of rotatable bonds is 11. The highest BCUT2D eigenvalue weighted by Gasteiger charge is 2.25. The first kappa shape index (κ1) is 24.6. The molecule has 166 valence electrons. The van der Waals surface area contributed by atoms with E-state index in [0.717, 1.165) is 24.8 Å². The molecule has 0 aliphatic rings. The molecule has 0 bridgehead atoms. The molecule has 0 aliphatic heterocycles. The van der Waals surface area contributed by atoms with Gasteiger partial charge in [0.1, 0.15) is 5.75 Å². The monoisotopic (exact) mass is 430 g/mol. The molecule has 2 aromatic rings. The molecule has 30 heavy (non-hydrogen) atoms. The molecule has 0 atom stereocenters. The molecule has 0 heterocycles. The lowest BCUT2D eigenvalue weighted by atomic mass is 9.74. The molecule has 0 saturated carbocycles. The van der Waals surface area contributed by atoms with Crippen molar-refractivity contribution in [3.8, 4) is 0 Å². The van der Waals surface area contributed by atoms with Gasteiger partial charge in [-0.25, -0.2) is 0 Å². The first-order valence-corrected chi connectivity index (χ1v) is 12.6. The molecule has 4 heteroatoms. The number of benzene rings is 2. The molecule has 0 fully saturated rings. The fourth-order valence-electron chi connectivity index (χ4n) is 3.51. The van der Waals surface area contributed by atoms with Gasteiger partial charge in [-0.15, -0.1) is 0 Å². The fourth-order valence-corrected chi connectivity index (χ4v) is 4.56. The molecule has 0 aliphatic carbocycles. The quantitative estimate of drug-likeness (QED) is 0.300. The van der Waals surface area contributed by atoms with Crippen molar-refractivity contribution in [2.75, 3.05) is 6.61 Å². The molecule has 0 N–H and O–H groups in total. The van der Waals surface area contributed by atoms with Crippen molar-refractivity contribution < 1.29 is 12.6 Å². The Balaban J connectivity index is 2.07. The highest BCUT2D eigenvalue weighted by molar-refractivity contribution is 7.85. The van der Waals surface area contributed by atoms with E-state index in [4.69, 9.17) is 4.18 Å². The smallest absolute Gasteiger partial charge is 0.270 e. The molecule has 2 rings (SSSR count). The van der Waals surface area contributed by atoms with Gasteiger partial charge in [-0.3, -0.25) is 4.18 Å². The minimum absolute atomic E-state index is 0.0788. The highest BCUT2D eigenvalue weighted by Crippen LogP contribution is 2.35. The van der Waals surface area contributed by atoms with Gasteiger partial charge in [-0.1, -0.05) is 90.1 Å². The van der Waals surface area contributed by atoms with Crippen molar-refractivity contribution in [1.29, 1.82) is 0 Å². The summed E-state index contributed by atoms with van der Waals surface area (Å²) < 4.78 is 29.8. The Morgan fingerprint density at radius 1 is 0.867 bits per heavy atom. The summed E-state index contributed by atoms with van der Waals surface area (Å²) in [6.07, 6.45) is 3.63. The number of hydrogen-bond acceptors (Lipinski definition) is 3. The molecule has 0 unspecified atom stereocenters. The van der Waals surface area contributed by atoms with Gasteiger partial charge in [0.05, 0.1) is 6.61 Å². The Hall–Kier alpha value is -1.65. The van der Waals surface area contributed by atoms with Crippen LogP contribution in [0.4, 0.5) is 0 Å². The van der Waals surface area contributed by atoms with E-state index in [0.29, 0.717) is 6.42 Å². The summed E-state index contributed by atoms with van der Waals surface area (Å²) in [6, 6.07) is 16.0. The predicted octanol–water partition coefficient (Wildman–Crippen LogP) is 6.54. The third-order valence-electron chi connectivity index (χ3n) is 6.43. The SMILES string of the molecule is CCC(C)(C)c1ccc(CCCOS(=O)(=O)Cc2ccccc2)c(C(C)(C)CC)c1. The van der Waals surface area contributed by atoms with E-state index in [-0.39, 0.29) is 23.2 Å². The number of aryl methyl sites for hydroxylation is 1. The highest BCUT2D eigenvalue weighted by atomic mass is 32.2. The normalized spacial score (nSPS) is 12.9. The lowest BCUT2D eigenvalue weighted by molar-refractivity contribution is 0.311. The van der Waals surface area contributed by atoms with E-state index in [9.17, 15) is 8.42 Å². The maximum absolute atomic E-state index is 12.2. The van der Waals surface area contributed by atoms with Gasteiger partial charge in [-0.05, 0) is 58.8 Å². The molecule has 0 amide bonds. The minimum Gasteiger partial charge on any atom is -0.270 e. The number of hydrogen-bond donors (Lipinski definition) is 0. The van der Waals surface area contributed by atoms with Crippen LogP contribution < -0.4 is 0 Å².